The smallest absolute Gasteiger partial charge is 0.177 e. The summed E-state index contributed by atoms with van der Waals surface area (Å²) in [6.07, 6.45) is 0.821. The van der Waals surface area contributed by atoms with Crippen molar-refractivity contribution in [3.05, 3.63) is 16.2 Å². The van der Waals surface area contributed by atoms with E-state index >= 15 is 0 Å². The van der Waals surface area contributed by atoms with E-state index in [0.717, 1.165) is 28.8 Å². The van der Waals surface area contributed by atoms with E-state index in [4.69, 9.17) is 5.73 Å². The molecule has 0 unspecified atom stereocenters. The molecule has 0 saturated heterocycles. The van der Waals surface area contributed by atoms with Gasteiger partial charge in [0.05, 0.1) is 5.01 Å². The highest BCUT2D eigenvalue weighted by Gasteiger charge is 2.10. The molecule has 0 aliphatic rings. The van der Waals surface area contributed by atoms with Gasteiger partial charge in [0.2, 0.25) is 0 Å². The van der Waals surface area contributed by atoms with E-state index in [-0.39, 0.29) is 0 Å². The van der Waals surface area contributed by atoms with E-state index in [1.165, 1.54) is 0 Å². The molecule has 0 radical (unpaired) electrons. The summed E-state index contributed by atoms with van der Waals surface area (Å²) in [5.41, 5.74) is 6.36. The molecule has 0 bridgehead atoms. The summed E-state index contributed by atoms with van der Waals surface area (Å²) in [4.78, 5) is 8.78. The summed E-state index contributed by atoms with van der Waals surface area (Å²) in [7, 11) is 1.87. The van der Waals surface area contributed by atoms with E-state index in [2.05, 4.69) is 15.1 Å². The molecule has 0 aliphatic carbocycles. The Balaban J connectivity index is 2.32. The number of rotatable bonds is 3. The Bertz CT molecular complexity index is 459. The van der Waals surface area contributed by atoms with Crippen LogP contribution in [0.2, 0.25) is 0 Å². The number of hydrogen-bond donors (Lipinski definition) is 1. The van der Waals surface area contributed by atoms with Gasteiger partial charge in [0.15, 0.2) is 5.82 Å². The lowest BCUT2D eigenvalue weighted by molar-refractivity contribution is 0.761. The molecule has 5 nitrogen and oxygen atoms in total. The van der Waals surface area contributed by atoms with Crippen molar-refractivity contribution in [2.24, 2.45) is 12.8 Å². The SMILES string of the molecule is Cc1nc(-c2csc(CCN)n2)n(C)n1. The summed E-state index contributed by atoms with van der Waals surface area (Å²) >= 11 is 1.61. The second kappa shape index (κ2) is 4.08. The quantitative estimate of drug-likeness (QED) is 0.833. The highest BCUT2D eigenvalue weighted by molar-refractivity contribution is 7.09. The van der Waals surface area contributed by atoms with Crippen molar-refractivity contribution in [2.45, 2.75) is 13.3 Å². The Hall–Kier alpha value is -1.27. The van der Waals surface area contributed by atoms with Crippen LogP contribution in [0.1, 0.15) is 10.8 Å². The van der Waals surface area contributed by atoms with E-state index in [1.54, 1.807) is 16.0 Å². The van der Waals surface area contributed by atoms with Crippen LogP contribution in [0.5, 0.6) is 0 Å². The fourth-order valence-corrected chi connectivity index (χ4v) is 2.18. The van der Waals surface area contributed by atoms with Crippen molar-refractivity contribution in [1.82, 2.24) is 19.7 Å². The maximum Gasteiger partial charge on any atom is 0.177 e. The molecule has 0 amide bonds. The van der Waals surface area contributed by atoms with E-state index in [9.17, 15) is 0 Å². The molecule has 15 heavy (non-hydrogen) atoms. The molecule has 2 rings (SSSR count). The summed E-state index contributed by atoms with van der Waals surface area (Å²) in [6, 6.07) is 0. The number of nitrogens with two attached hydrogens (primary N) is 1. The summed E-state index contributed by atoms with van der Waals surface area (Å²) < 4.78 is 1.75. The topological polar surface area (TPSA) is 69.6 Å². The average Bonchev–Trinajstić information content (AvgIpc) is 2.73. The molecule has 2 N–H and O–H groups in total. The molecular weight excluding hydrogens is 210 g/mol. The van der Waals surface area contributed by atoms with E-state index < -0.39 is 0 Å². The molecule has 0 aliphatic heterocycles. The number of aryl methyl sites for hydroxylation is 2. The minimum Gasteiger partial charge on any atom is -0.330 e. The van der Waals surface area contributed by atoms with Crippen LogP contribution in [-0.4, -0.2) is 26.3 Å². The number of hydrogen-bond acceptors (Lipinski definition) is 5. The molecule has 0 spiro atoms. The van der Waals surface area contributed by atoms with Crippen molar-refractivity contribution < 1.29 is 0 Å². The van der Waals surface area contributed by atoms with Gasteiger partial charge in [-0.3, -0.25) is 0 Å². The Kier molecular flexibility index (Phi) is 2.79. The first-order chi connectivity index (χ1) is 7.20. The molecular formula is C9H13N5S. The van der Waals surface area contributed by atoms with Crippen molar-refractivity contribution in [3.63, 3.8) is 0 Å². The molecule has 2 aromatic rings. The third-order valence-corrected chi connectivity index (χ3v) is 2.92. The zero-order chi connectivity index (χ0) is 10.8. The first-order valence-electron chi connectivity index (χ1n) is 4.73. The fourth-order valence-electron chi connectivity index (χ4n) is 1.39. The molecule has 6 heteroatoms. The van der Waals surface area contributed by atoms with E-state index in [0.29, 0.717) is 6.54 Å². The van der Waals surface area contributed by atoms with Gasteiger partial charge >= 0.3 is 0 Å². The van der Waals surface area contributed by atoms with Gasteiger partial charge in [0.25, 0.3) is 0 Å². The first-order valence-corrected chi connectivity index (χ1v) is 5.61. The highest BCUT2D eigenvalue weighted by atomic mass is 32.1. The first kappa shape index (κ1) is 10.3. The lowest BCUT2D eigenvalue weighted by atomic mass is 10.4. The normalized spacial score (nSPS) is 10.9. The molecule has 2 heterocycles. The number of thiazole rings is 1. The lowest BCUT2D eigenvalue weighted by Crippen LogP contribution is -2.02. The molecule has 2 aromatic heterocycles. The highest BCUT2D eigenvalue weighted by Crippen LogP contribution is 2.19. The third-order valence-electron chi connectivity index (χ3n) is 2.01. The molecule has 0 fully saturated rings. The van der Waals surface area contributed by atoms with Gasteiger partial charge in [0, 0.05) is 18.8 Å². The van der Waals surface area contributed by atoms with Crippen molar-refractivity contribution in [1.29, 1.82) is 0 Å². The fraction of sp³-hybridized carbons (Fsp3) is 0.444. The minimum absolute atomic E-state index is 0.630. The Morgan fingerprint density at radius 3 is 2.87 bits per heavy atom. The van der Waals surface area contributed by atoms with Crippen LogP contribution in [0, 0.1) is 6.92 Å². The minimum atomic E-state index is 0.630. The third kappa shape index (κ3) is 2.05. The monoisotopic (exact) mass is 223 g/mol. The zero-order valence-corrected chi connectivity index (χ0v) is 9.58. The largest absolute Gasteiger partial charge is 0.330 e. The number of nitrogens with zero attached hydrogens (tertiary/aromatic N) is 4. The number of aromatic nitrogens is 4. The molecule has 0 saturated carbocycles. The van der Waals surface area contributed by atoms with E-state index in [1.807, 2.05) is 19.4 Å². The van der Waals surface area contributed by atoms with Crippen LogP contribution in [0.15, 0.2) is 5.38 Å². The Morgan fingerprint density at radius 1 is 1.47 bits per heavy atom. The molecule has 80 valence electrons. The van der Waals surface area contributed by atoms with Crippen LogP contribution in [-0.2, 0) is 13.5 Å². The van der Waals surface area contributed by atoms with Crippen LogP contribution in [0.25, 0.3) is 11.5 Å². The second-order valence-electron chi connectivity index (χ2n) is 3.27. The predicted molar refractivity (Wildman–Crippen MR) is 59.6 cm³/mol. The Labute approximate surface area is 92.0 Å². The molecule has 0 atom stereocenters. The van der Waals surface area contributed by atoms with Crippen LogP contribution in [0.3, 0.4) is 0 Å². The lowest BCUT2D eigenvalue weighted by Gasteiger charge is -1.93. The van der Waals surface area contributed by atoms with Crippen molar-refractivity contribution in [2.75, 3.05) is 6.54 Å². The van der Waals surface area contributed by atoms with Crippen molar-refractivity contribution >= 4 is 11.3 Å². The van der Waals surface area contributed by atoms with Crippen molar-refractivity contribution in [3.8, 4) is 11.5 Å². The van der Waals surface area contributed by atoms with Gasteiger partial charge in [-0.25, -0.2) is 14.6 Å². The van der Waals surface area contributed by atoms with Gasteiger partial charge in [-0.1, -0.05) is 0 Å². The van der Waals surface area contributed by atoms with Gasteiger partial charge < -0.3 is 5.73 Å². The predicted octanol–water partition coefficient (Wildman–Crippen LogP) is 0.748. The van der Waals surface area contributed by atoms with Crippen LogP contribution < -0.4 is 5.73 Å². The van der Waals surface area contributed by atoms with Gasteiger partial charge in [0.1, 0.15) is 11.5 Å². The zero-order valence-electron chi connectivity index (χ0n) is 8.77. The average molecular weight is 223 g/mol. The summed E-state index contributed by atoms with van der Waals surface area (Å²) in [6.45, 7) is 2.50. The second-order valence-corrected chi connectivity index (χ2v) is 4.21. The summed E-state index contributed by atoms with van der Waals surface area (Å²) in [5.74, 6) is 1.58. The maximum absolute atomic E-state index is 5.48. The van der Waals surface area contributed by atoms with Crippen LogP contribution >= 0.6 is 11.3 Å². The standard InChI is InChI=1S/C9H13N5S/c1-6-11-9(14(2)13-6)7-5-15-8(12-7)3-4-10/h5H,3-4,10H2,1-2H3. The maximum atomic E-state index is 5.48. The van der Waals surface area contributed by atoms with Gasteiger partial charge in [-0.15, -0.1) is 11.3 Å². The Morgan fingerprint density at radius 2 is 2.27 bits per heavy atom. The van der Waals surface area contributed by atoms with Gasteiger partial charge in [-0.2, -0.15) is 5.10 Å². The summed E-state index contributed by atoms with van der Waals surface area (Å²) in [5, 5.41) is 7.23. The van der Waals surface area contributed by atoms with Gasteiger partial charge in [-0.05, 0) is 13.5 Å². The van der Waals surface area contributed by atoms with Crippen LogP contribution in [0.4, 0.5) is 0 Å². The molecule has 0 aromatic carbocycles.